The van der Waals surface area contributed by atoms with Crippen molar-refractivity contribution in [3.63, 3.8) is 0 Å². The third-order valence-corrected chi connectivity index (χ3v) is 3.77. The van der Waals surface area contributed by atoms with Crippen LogP contribution in [0.5, 0.6) is 0 Å². The van der Waals surface area contributed by atoms with Crippen molar-refractivity contribution in [1.82, 2.24) is 19.7 Å². The number of rotatable bonds is 2. The summed E-state index contributed by atoms with van der Waals surface area (Å²) in [6, 6.07) is 8.29. The van der Waals surface area contributed by atoms with E-state index in [-0.39, 0.29) is 5.91 Å². The fourth-order valence-electron chi connectivity index (χ4n) is 2.52. The van der Waals surface area contributed by atoms with Crippen molar-refractivity contribution in [3.05, 3.63) is 42.2 Å². The number of amides is 1. The van der Waals surface area contributed by atoms with Crippen LogP contribution in [0.3, 0.4) is 0 Å². The van der Waals surface area contributed by atoms with Gasteiger partial charge in [-0.15, -0.1) is 0 Å². The van der Waals surface area contributed by atoms with Crippen LogP contribution < -0.4 is 0 Å². The second-order valence-corrected chi connectivity index (χ2v) is 5.26. The summed E-state index contributed by atoms with van der Waals surface area (Å²) in [7, 11) is 1.86. The van der Waals surface area contributed by atoms with Crippen LogP contribution in [0.15, 0.2) is 36.7 Å². The molecular weight excluding hydrogens is 264 g/mol. The second-order valence-electron chi connectivity index (χ2n) is 5.26. The number of hydrogen-bond acceptors (Lipinski definition) is 3. The first-order valence-electron chi connectivity index (χ1n) is 7.04. The van der Waals surface area contributed by atoms with Gasteiger partial charge in [-0.25, -0.2) is 4.98 Å². The molecule has 5 nitrogen and oxygen atoms in total. The molecule has 0 fully saturated rings. The molecule has 1 aliphatic rings. The minimum atomic E-state index is 0.141. The van der Waals surface area contributed by atoms with E-state index in [0.29, 0.717) is 6.54 Å². The van der Waals surface area contributed by atoms with E-state index in [2.05, 4.69) is 28.3 Å². The van der Waals surface area contributed by atoms with E-state index >= 15 is 0 Å². The zero-order valence-corrected chi connectivity index (χ0v) is 12.3. The Morgan fingerprint density at radius 2 is 1.90 bits per heavy atom. The Morgan fingerprint density at radius 3 is 2.43 bits per heavy atom. The third-order valence-electron chi connectivity index (χ3n) is 3.77. The van der Waals surface area contributed by atoms with Gasteiger partial charge in [-0.05, 0) is 17.6 Å². The summed E-state index contributed by atoms with van der Waals surface area (Å²) in [6.07, 6.45) is 4.74. The molecule has 0 N–H and O–H groups in total. The zero-order chi connectivity index (χ0) is 14.8. The van der Waals surface area contributed by atoms with Gasteiger partial charge in [0.15, 0.2) is 5.82 Å². The number of carbonyl (C=O) groups is 1. The summed E-state index contributed by atoms with van der Waals surface area (Å²) >= 11 is 0. The molecule has 2 aromatic rings. The Labute approximate surface area is 123 Å². The normalized spacial score (nSPS) is 15.0. The largest absolute Gasteiger partial charge is 0.339 e. The third kappa shape index (κ3) is 2.86. The van der Waals surface area contributed by atoms with Crippen LogP contribution in [0.4, 0.5) is 0 Å². The molecule has 0 saturated carbocycles. The SMILES string of the molecule is CC(=O)N1CC=C(c2ccc(-c3ncn(C)n3)cc2)CC1. The molecule has 5 heteroatoms. The number of carbonyl (C=O) groups excluding carboxylic acids is 1. The van der Waals surface area contributed by atoms with Gasteiger partial charge in [-0.3, -0.25) is 9.48 Å². The van der Waals surface area contributed by atoms with Gasteiger partial charge in [0.05, 0.1) is 0 Å². The summed E-state index contributed by atoms with van der Waals surface area (Å²) in [5.74, 6) is 0.881. The molecule has 0 unspecified atom stereocenters. The molecule has 0 aliphatic carbocycles. The molecule has 0 atom stereocenters. The smallest absolute Gasteiger partial charge is 0.219 e. The maximum atomic E-state index is 11.3. The van der Waals surface area contributed by atoms with Gasteiger partial charge in [0.1, 0.15) is 6.33 Å². The molecule has 0 spiro atoms. The fraction of sp³-hybridized carbons (Fsp3) is 0.312. The van der Waals surface area contributed by atoms with Gasteiger partial charge >= 0.3 is 0 Å². The molecule has 1 amide bonds. The molecule has 1 aliphatic heterocycles. The lowest BCUT2D eigenvalue weighted by Crippen LogP contribution is -2.32. The predicted molar refractivity (Wildman–Crippen MR) is 81.3 cm³/mol. The van der Waals surface area contributed by atoms with Crippen LogP contribution in [0.25, 0.3) is 17.0 Å². The van der Waals surface area contributed by atoms with Gasteiger partial charge < -0.3 is 4.90 Å². The molecule has 0 radical (unpaired) electrons. The van der Waals surface area contributed by atoms with Crippen LogP contribution in [-0.4, -0.2) is 38.7 Å². The van der Waals surface area contributed by atoms with Crippen molar-refractivity contribution in [1.29, 1.82) is 0 Å². The Bertz CT molecular complexity index is 685. The van der Waals surface area contributed by atoms with Crippen LogP contribution in [0, 0.1) is 0 Å². The van der Waals surface area contributed by atoms with Gasteiger partial charge in [-0.1, -0.05) is 30.3 Å². The average molecular weight is 282 g/mol. The van der Waals surface area contributed by atoms with Crippen molar-refractivity contribution in [2.24, 2.45) is 7.05 Å². The Kier molecular flexibility index (Phi) is 3.56. The quantitative estimate of drug-likeness (QED) is 0.847. The van der Waals surface area contributed by atoms with E-state index in [1.807, 2.05) is 24.1 Å². The van der Waals surface area contributed by atoms with Crippen LogP contribution in [0.2, 0.25) is 0 Å². The molecule has 2 heterocycles. The Balaban J connectivity index is 1.77. The van der Waals surface area contributed by atoms with E-state index in [1.165, 1.54) is 11.1 Å². The molecule has 21 heavy (non-hydrogen) atoms. The van der Waals surface area contributed by atoms with E-state index in [0.717, 1.165) is 24.4 Å². The number of hydrogen-bond donors (Lipinski definition) is 0. The summed E-state index contributed by atoms with van der Waals surface area (Å²) in [5, 5.41) is 4.30. The highest BCUT2D eigenvalue weighted by molar-refractivity contribution is 5.76. The van der Waals surface area contributed by atoms with Gasteiger partial charge in [-0.2, -0.15) is 5.10 Å². The lowest BCUT2D eigenvalue weighted by molar-refractivity contribution is -0.128. The first kappa shape index (κ1) is 13.5. The van der Waals surface area contributed by atoms with Gasteiger partial charge in [0, 0.05) is 32.6 Å². The minimum absolute atomic E-state index is 0.141. The van der Waals surface area contributed by atoms with E-state index < -0.39 is 0 Å². The Morgan fingerprint density at radius 1 is 1.19 bits per heavy atom. The zero-order valence-electron chi connectivity index (χ0n) is 12.3. The van der Waals surface area contributed by atoms with E-state index in [9.17, 15) is 4.79 Å². The topological polar surface area (TPSA) is 51.0 Å². The first-order chi connectivity index (χ1) is 10.1. The predicted octanol–water partition coefficient (Wildman–Crippen LogP) is 2.12. The molecular formula is C16H18N4O. The standard InChI is InChI=1S/C16H18N4O/c1-12(21)20-9-7-14(8-10-20)13-3-5-15(6-4-13)16-17-11-19(2)18-16/h3-7,11H,8-10H2,1-2H3. The number of aromatic nitrogens is 3. The Hall–Kier alpha value is -2.43. The minimum Gasteiger partial charge on any atom is -0.339 e. The average Bonchev–Trinajstić information content (AvgIpc) is 2.94. The second kappa shape index (κ2) is 5.52. The highest BCUT2D eigenvalue weighted by Gasteiger charge is 2.14. The fourth-order valence-corrected chi connectivity index (χ4v) is 2.52. The van der Waals surface area contributed by atoms with E-state index in [4.69, 9.17) is 0 Å². The number of nitrogens with zero attached hydrogens (tertiary/aromatic N) is 4. The highest BCUT2D eigenvalue weighted by Crippen LogP contribution is 2.24. The van der Waals surface area contributed by atoms with Crippen LogP contribution >= 0.6 is 0 Å². The molecule has 1 aromatic heterocycles. The van der Waals surface area contributed by atoms with E-state index in [1.54, 1.807) is 17.9 Å². The molecule has 1 aromatic carbocycles. The summed E-state index contributed by atoms with van der Waals surface area (Å²) in [5.41, 5.74) is 3.52. The first-order valence-corrected chi connectivity index (χ1v) is 7.04. The van der Waals surface area contributed by atoms with Crippen molar-refractivity contribution < 1.29 is 4.79 Å². The highest BCUT2D eigenvalue weighted by atomic mass is 16.2. The number of aryl methyl sites for hydroxylation is 1. The van der Waals surface area contributed by atoms with Crippen molar-refractivity contribution >= 4 is 11.5 Å². The summed E-state index contributed by atoms with van der Waals surface area (Å²) < 4.78 is 1.70. The lowest BCUT2D eigenvalue weighted by atomic mass is 9.98. The maximum absolute atomic E-state index is 11.3. The molecule has 108 valence electrons. The van der Waals surface area contributed by atoms with Crippen LogP contribution in [-0.2, 0) is 11.8 Å². The van der Waals surface area contributed by atoms with Gasteiger partial charge in [0.2, 0.25) is 5.91 Å². The molecule has 3 rings (SSSR count). The number of benzene rings is 1. The van der Waals surface area contributed by atoms with Crippen molar-refractivity contribution in [3.8, 4) is 11.4 Å². The monoisotopic (exact) mass is 282 g/mol. The molecule has 0 saturated heterocycles. The lowest BCUT2D eigenvalue weighted by Gasteiger charge is -2.25. The van der Waals surface area contributed by atoms with Crippen LogP contribution in [0.1, 0.15) is 18.9 Å². The van der Waals surface area contributed by atoms with Crippen molar-refractivity contribution in [2.45, 2.75) is 13.3 Å². The summed E-state index contributed by atoms with van der Waals surface area (Å²) in [4.78, 5) is 17.4. The summed E-state index contributed by atoms with van der Waals surface area (Å²) in [6.45, 7) is 3.12. The maximum Gasteiger partial charge on any atom is 0.219 e. The molecule has 0 bridgehead atoms. The van der Waals surface area contributed by atoms with Gasteiger partial charge in [0.25, 0.3) is 0 Å². The van der Waals surface area contributed by atoms with Crippen molar-refractivity contribution in [2.75, 3.05) is 13.1 Å².